The highest BCUT2D eigenvalue weighted by Crippen LogP contribution is 2.45. The van der Waals surface area contributed by atoms with Crippen LogP contribution in [0.4, 0.5) is 5.69 Å². The Hall–Kier alpha value is -3.39. The minimum atomic E-state index is 0.121. The SMILES string of the molecule is Cc1cc(-c2ccccc2)c2ccc3c(c2n1)[N-]C(C)C=C3c1ccccc1. The molecule has 2 heterocycles. The quantitative estimate of drug-likeness (QED) is 0.376. The number of rotatable bonds is 2. The molecule has 0 aliphatic carbocycles. The van der Waals surface area contributed by atoms with Gasteiger partial charge in [-0.1, -0.05) is 85.8 Å². The summed E-state index contributed by atoms with van der Waals surface area (Å²) in [5.41, 5.74) is 9.06. The third-order valence-corrected chi connectivity index (χ3v) is 5.28. The Balaban J connectivity index is 1.78. The maximum absolute atomic E-state index is 4.99. The summed E-state index contributed by atoms with van der Waals surface area (Å²) < 4.78 is 0. The Bertz CT molecular complexity index is 1190. The monoisotopic (exact) mass is 361 g/mol. The highest BCUT2D eigenvalue weighted by molar-refractivity contribution is 6.07. The van der Waals surface area contributed by atoms with Crippen LogP contribution in [-0.4, -0.2) is 11.0 Å². The lowest BCUT2D eigenvalue weighted by molar-refractivity contribution is 1.04. The average Bonchev–Trinajstić information content (AvgIpc) is 2.74. The van der Waals surface area contributed by atoms with Crippen molar-refractivity contribution in [1.82, 2.24) is 4.98 Å². The number of aryl methyl sites for hydroxylation is 1. The second-order valence-electron chi connectivity index (χ2n) is 7.35. The Morgan fingerprint density at radius 3 is 2.18 bits per heavy atom. The van der Waals surface area contributed by atoms with Crippen molar-refractivity contribution in [2.24, 2.45) is 0 Å². The van der Waals surface area contributed by atoms with Crippen LogP contribution in [-0.2, 0) is 0 Å². The van der Waals surface area contributed by atoms with Gasteiger partial charge in [0.2, 0.25) is 0 Å². The van der Waals surface area contributed by atoms with Gasteiger partial charge >= 0.3 is 0 Å². The fraction of sp³-hybridized carbons (Fsp3) is 0.115. The zero-order valence-corrected chi connectivity index (χ0v) is 16.1. The summed E-state index contributed by atoms with van der Waals surface area (Å²) in [7, 11) is 0. The van der Waals surface area contributed by atoms with Crippen molar-refractivity contribution in [2.45, 2.75) is 19.9 Å². The van der Waals surface area contributed by atoms with Gasteiger partial charge < -0.3 is 5.32 Å². The standard InChI is InChI=1S/C26H21N2/c1-17-15-23(19-9-5-3-6-10-19)21-13-14-22-24(20-11-7-4-8-12-20)16-18(2)28-26(22)25(21)27-17/h3-17H,1-2H3/q-1. The molecule has 0 spiro atoms. The van der Waals surface area contributed by atoms with Crippen LogP contribution in [0.1, 0.15) is 23.7 Å². The Morgan fingerprint density at radius 1 is 0.786 bits per heavy atom. The van der Waals surface area contributed by atoms with Crippen molar-refractivity contribution in [3.8, 4) is 11.1 Å². The molecule has 1 aliphatic heterocycles. The molecule has 5 rings (SSSR count). The molecule has 1 aliphatic rings. The highest BCUT2D eigenvalue weighted by Gasteiger charge is 2.16. The normalized spacial score (nSPS) is 15.6. The predicted molar refractivity (Wildman–Crippen MR) is 118 cm³/mol. The Morgan fingerprint density at radius 2 is 1.46 bits per heavy atom. The Kier molecular flexibility index (Phi) is 3.98. The zero-order valence-electron chi connectivity index (χ0n) is 16.1. The van der Waals surface area contributed by atoms with Gasteiger partial charge in [-0.15, -0.1) is 11.7 Å². The molecule has 0 N–H and O–H groups in total. The van der Waals surface area contributed by atoms with E-state index in [1.54, 1.807) is 0 Å². The van der Waals surface area contributed by atoms with Crippen LogP contribution in [0.25, 0.3) is 32.9 Å². The van der Waals surface area contributed by atoms with Crippen LogP contribution >= 0.6 is 0 Å². The number of benzene rings is 3. The smallest absolute Gasteiger partial charge is 0.0568 e. The number of hydrogen-bond donors (Lipinski definition) is 0. The molecule has 1 aromatic heterocycles. The summed E-state index contributed by atoms with van der Waals surface area (Å²) in [6.45, 7) is 4.20. The van der Waals surface area contributed by atoms with E-state index in [2.05, 4.69) is 98.8 Å². The van der Waals surface area contributed by atoms with Gasteiger partial charge in [0, 0.05) is 11.1 Å². The number of pyridine rings is 1. The van der Waals surface area contributed by atoms with Gasteiger partial charge in [-0.25, -0.2) is 0 Å². The summed E-state index contributed by atoms with van der Waals surface area (Å²) >= 11 is 0. The van der Waals surface area contributed by atoms with E-state index in [1.165, 1.54) is 22.3 Å². The van der Waals surface area contributed by atoms with Gasteiger partial charge in [0.05, 0.1) is 5.52 Å². The molecular weight excluding hydrogens is 340 g/mol. The Labute approximate surface area is 165 Å². The minimum Gasteiger partial charge on any atom is -0.676 e. The molecule has 0 amide bonds. The lowest BCUT2D eigenvalue weighted by Gasteiger charge is -2.37. The first-order valence-corrected chi connectivity index (χ1v) is 9.69. The van der Waals surface area contributed by atoms with E-state index in [1.807, 2.05) is 0 Å². The molecule has 28 heavy (non-hydrogen) atoms. The highest BCUT2D eigenvalue weighted by atomic mass is 14.9. The minimum absolute atomic E-state index is 0.121. The van der Waals surface area contributed by atoms with Gasteiger partial charge in [0.1, 0.15) is 0 Å². The molecule has 2 heteroatoms. The van der Waals surface area contributed by atoms with Gasteiger partial charge in [0.15, 0.2) is 0 Å². The summed E-state index contributed by atoms with van der Waals surface area (Å²) in [6.07, 6.45) is 2.25. The second-order valence-corrected chi connectivity index (χ2v) is 7.35. The molecule has 3 aromatic carbocycles. The molecule has 4 aromatic rings. The predicted octanol–water partition coefficient (Wildman–Crippen LogP) is 7.05. The third kappa shape index (κ3) is 2.78. The molecular formula is C26H21N2-. The molecule has 0 bridgehead atoms. The summed E-state index contributed by atoms with van der Waals surface area (Å²) in [5, 5.41) is 6.14. The molecule has 2 nitrogen and oxygen atoms in total. The number of fused-ring (bicyclic) bond motifs is 3. The van der Waals surface area contributed by atoms with Gasteiger partial charge in [-0.2, -0.15) is 0 Å². The van der Waals surface area contributed by atoms with Gasteiger partial charge in [-0.3, -0.25) is 4.98 Å². The van der Waals surface area contributed by atoms with Crippen LogP contribution in [0, 0.1) is 6.92 Å². The lowest BCUT2D eigenvalue weighted by Crippen LogP contribution is -2.06. The van der Waals surface area contributed by atoms with Crippen LogP contribution < -0.4 is 0 Å². The first kappa shape index (κ1) is 16.8. The van der Waals surface area contributed by atoms with E-state index >= 15 is 0 Å². The van der Waals surface area contributed by atoms with Gasteiger partial charge in [0.25, 0.3) is 0 Å². The largest absolute Gasteiger partial charge is 0.676 e. The first-order chi connectivity index (χ1) is 13.7. The molecule has 0 saturated heterocycles. The second kappa shape index (κ2) is 6.65. The molecule has 0 saturated carbocycles. The summed E-state index contributed by atoms with van der Waals surface area (Å²) in [4.78, 5) is 4.92. The zero-order chi connectivity index (χ0) is 19.1. The number of nitrogens with zero attached hydrogens (tertiary/aromatic N) is 2. The molecule has 0 fully saturated rings. The maximum atomic E-state index is 4.99. The molecule has 0 radical (unpaired) electrons. The van der Waals surface area contributed by atoms with Crippen molar-refractivity contribution in [2.75, 3.05) is 0 Å². The van der Waals surface area contributed by atoms with E-state index in [-0.39, 0.29) is 6.04 Å². The van der Waals surface area contributed by atoms with Crippen LogP contribution in [0.5, 0.6) is 0 Å². The van der Waals surface area contributed by atoms with E-state index in [0.717, 1.165) is 27.8 Å². The fourth-order valence-electron chi connectivity index (χ4n) is 4.05. The van der Waals surface area contributed by atoms with Crippen LogP contribution in [0.15, 0.2) is 84.9 Å². The van der Waals surface area contributed by atoms with Crippen molar-refractivity contribution < 1.29 is 0 Å². The fourth-order valence-corrected chi connectivity index (χ4v) is 4.05. The van der Waals surface area contributed by atoms with Crippen molar-refractivity contribution in [1.29, 1.82) is 0 Å². The van der Waals surface area contributed by atoms with Crippen molar-refractivity contribution in [3.63, 3.8) is 0 Å². The van der Waals surface area contributed by atoms with Crippen molar-refractivity contribution in [3.05, 3.63) is 107 Å². The van der Waals surface area contributed by atoms with E-state index in [4.69, 9.17) is 10.3 Å². The van der Waals surface area contributed by atoms with Crippen molar-refractivity contribution >= 4 is 22.2 Å². The summed E-state index contributed by atoms with van der Waals surface area (Å²) in [5.74, 6) is 0. The van der Waals surface area contributed by atoms with E-state index < -0.39 is 0 Å². The first-order valence-electron chi connectivity index (χ1n) is 9.69. The van der Waals surface area contributed by atoms with E-state index in [9.17, 15) is 0 Å². The summed E-state index contributed by atoms with van der Waals surface area (Å²) in [6, 6.07) is 27.8. The topological polar surface area (TPSA) is 27.0 Å². The van der Waals surface area contributed by atoms with E-state index in [0.29, 0.717) is 0 Å². The van der Waals surface area contributed by atoms with Gasteiger partial charge in [-0.05, 0) is 40.8 Å². The third-order valence-electron chi connectivity index (χ3n) is 5.28. The van der Waals surface area contributed by atoms with Crippen LogP contribution in [0.3, 0.4) is 0 Å². The average molecular weight is 361 g/mol. The number of hydrogen-bond acceptors (Lipinski definition) is 1. The molecule has 1 atom stereocenters. The van der Waals surface area contributed by atoms with Crippen LogP contribution in [0.2, 0.25) is 0 Å². The lowest BCUT2D eigenvalue weighted by atomic mass is 9.89. The maximum Gasteiger partial charge on any atom is 0.0568 e. The molecule has 136 valence electrons. The number of aromatic nitrogens is 1. The molecule has 1 unspecified atom stereocenters.